The Morgan fingerprint density at radius 1 is 0.653 bits per heavy atom. The summed E-state index contributed by atoms with van der Waals surface area (Å²) in [4.78, 5) is 46.3. The number of rotatable bonds is 22. The van der Waals surface area contributed by atoms with Gasteiger partial charge in [-0.05, 0) is 54.3 Å². The van der Waals surface area contributed by atoms with Crippen LogP contribution < -0.4 is 9.47 Å². The normalized spacial score (nSPS) is 11.0. The molecule has 0 fully saturated rings. The highest BCUT2D eigenvalue weighted by atomic mass is 16.8. The lowest BCUT2D eigenvalue weighted by Gasteiger charge is -2.25. The van der Waals surface area contributed by atoms with Crippen LogP contribution in [0.3, 0.4) is 0 Å². The molecule has 0 aromatic heterocycles. The number of hydrogen-bond acceptors (Lipinski definition) is 9. The number of carbonyl (C=O) groups is 4. The lowest BCUT2D eigenvalue weighted by Crippen LogP contribution is -2.45. The van der Waals surface area contributed by atoms with E-state index in [1.807, 2.05) is 54.6 Å². The summed E-state index contributed by atoms with van der Waals surface area (Å²) < 4.78 is 26.9. The molecule has 0 saturated carbocycles. The summed E-state index contributed by atoms with van der Waals surface area (Å²) in [5.41, 5.74) is 2.93. The summed E-state index contributed by atoms with van der Waals surface area (Å²) in [5, 5.41) is 9.44. The molecule has 264 valence electrons. The minimum atomic E-state index is -2.07. The molecule has 0 saturated heterocycles. The van der Waals surface area contributed by atoms with Gasteiger partial charge < -0.3 is 28.8 Å². The Morgan fingerprint density at radius 2 is 1.20 bits per heavy atom. The van der Waals surface area contributed by atoms with Gasteiger partial charge in [0.2, 0.25) is 0 Å². The molecule has 0 unspecified atom stereocenters. The highest BCUT2D eigenvalue weighted by molar-refractivity contribution is 5.89. The van der Waals surface area contributed by atoms with Gasteiger partial charge in [-0.25, -0.2) is 9.59 Å². The second-order valence-electron chi connectivity index (χ2n) is 12.0. The first kappa shape index (κ1) is 38.6. The van der Waals surface area contributed by atoms with E-state index in [0.717, 1.165) is 81.2 Å². The smallest absolute Gasteiger partial charge is 0.392 e. The first-order valence-corrected chi connectivity index (χ1v) is 16.9. The number of benzene rings is 3. The summed E-state index contributed by atoms with van der Waals surface area (Å²) in [5.74, 6) is -4.13. The first-order chi connectivity index (χ1) is 23.6. The maximum absolute atomic E-state index is 12.3. The van der Waals surface area contributed by atoms with E-state index in [0.29, 0.717) is 25.4 Å². The summed E-state index contributed by atoms with van der Waals surface area (Å²) in [6.45, 7) is 4.57. The average Bonchev–Trinajstić information content (AvgIpc) is 3.07. The van der Waals surface area contributed by atoms with Crippen molar-refractivity contribution in [2.45, 2.75) is 97.4 Å². The molecule has 0 amide bonds. The molecule has 0 bridgehead atoms. The zero-order valence-electron chi connectivity index (χ0n) is 28.7. The molecule has 49 heavy (non-hydrogen) atoms. The Balaban J connectivity index is 1.23. The first-order valence-electron chi connectivity index (χ1n) is 16.9. The van der Waals surface area contributed by atoms with Gasteiger partial charge in [-0.3, -0.25) is 9.59 Å². The van der Waals surface area contributed by atoms with Crippen molar-refractivity contribution in [1.29, 1.82) is 0 Å². The monoisotopic (exact) mass is 676 g/mol. The standard InChI is InChI=1S/C39H48O10/c1-29(40)48-39(3,49-30(2)41)38(44)46-26-16-11-9-7-5-4-6-8-10-15-25-45-34-22-19-31(20-23-34)28-47-36-27-33(37(42)43)21-24-35(36)32-17-13-12-14-18-32/h12-14,17-24,27H,4-11,15-16,25-26,28H2,1-3H3,(H,42,43). The minimum absolute atomic E-state index is 0.165. The Hall–Kier alpha value is -4.86. The van der Waals surface area contributed by atoms with Crippen LogP contribution in [0.5, 0.6) is 11.5 Å². The van der Waals surface area contributed by atoms with Gasteiger partial charge in [0.25, 0.3) is 0 Å². The van der Waals surface area contributed by atoms with Crippen LogP contribution in [-0.2, 0) is 35.2 Å². The third-order valence-electron chi connectivity index (χ3n) is 7.72. The molecule has 0 radical (unpaired) electrons. The minimum Gasteiger partial charge on any atom is -0.494 e. The van der Waals surface area contributed by atoms with Crippen LogP contribution in [0.2, 0.25) is 0 Å². The van der Waals surface area contributed by atoms with Gasteiger partial charge >= 0.3 is 29.7 Å². The molecular formula is C39H48O10. The third-order valence-corrected chi connectivity index (χ3v) is 7.72. The number of esters is 3. The highest BCUT2D eigenvalue weighted by Crippen LogP contribution is 2.32. The molecule has 0 aliphatic carbocycles. The van der Waals surface area contributed by atoms with E-state index >= 15 is 0 Å². The van der Waals surface area contributed by atoms with Crippen molar-refractivity contribution >= 4 is 23.9 Å². The van der Waals surface area contributed by atoms with Crippen LogP contribution >= 0.6 is 0 Å². The molecule has 0 spiro atoms. The summed E-state index contributed by atoms with van der Waals surface area (Å²) in [6, 6.07) is 22.4. The number of aromatic carboxylic acids is 1. The van der Waals surface area contributed by atoms with Gasteiger partial charge in [-0.15, -0.1) is 0 Å². The van der Waals surface area contributed by atoms with Gasteiger partial charge in [0.1, 0.15) is 18.1 Å². The quantitative estimate of drug-likeness (QED) is 0.0629. The van der Waals surface area contributed by atoms with E-state index in [1.54, 1.807) is 18.2 Å². The number of ether oxygens (including phenoxy) is 5. The van der Waals surface area contributed by atoms with Crippen molar-refractivity contribution in [1.82, 2.24) is 0 Å². The molecule has 3 aromatic rings. The Bertz CT molecular complexity index is 1470. The fraction of sp³-hybridized carbons (Fsp3) is 0.436. The predicted octanol–water partition coefficient (Wildman–Crippen LogP) is 8.30. The largest absolute Gasteiger partial charge is 0.494 e. The average molecular weight is 677 g/mol. The Kier molecular flexibility index (Phi) is 16.1. The molecule has 0 aliphatic heterocycles. The summed E-state index contributed by atoms with van der Waals surface area (Å²) in [7, 11) is 0. The Labute approximate surface area is 288 Å². The molecule has 3 rings (SSSR count). The van der Waals surface area contributed by atoms with Crippen LogP contribution in [0.4, 0.5) is 0 Å². The lowest BCUT2D eigenvalue weighted by molar-refractivity contribution is -0.232. The molecule has 0 atom stereocenters. The van der Waals surface area contributed by atoms with Crippen molar-refractivity contribution < 1.29 is 48.0 Å². The predicted molar refractivity (Wildman–Crippen MR) is 184 cm³/mol. The molecular weight excluding hydrogens is 628 g/mol. The fourth-order valence-corrected chi connectivity index (χ4v) is 5.23. The SMILES string of the molecule is CC(=O)OC(C)(OC(C)=O)C(=O)OCCCCCCCCCCCCOc1ccc(COc2cc(C(=O)O)ccc2-c2ccccc2)cc1. The molecule has 0 aliphatic rings. The zero-order valence-corrected chi connectivity index (χ0v) is 28.7. The van der Waals surface area contributed by atoms with Gasteiger partial charge in [0.15, 0.2) is 0 Å². The van der Waals surface area contributed by atoms with Crippen molar-refractivity contribution in [2.75, 3.05) is 13.2 Å². The molecule has 3 aromatic carbocycles. The number of unbranched alkanes of at least 4 members (excludes halogenated alkanes) is 9. The summed E-state index contributed by atoms with van der Waals surface area (Å²) in [6.07, 6.45) is 10.5. The molecule has 10 heteroatoms. The van der Waals surface area contributed by atoms with Gasteiger partial charge in [-0.1, -0.05) is 93.8 Å². The molecule has 1 N–H and O–H groups in total. The number of hydrogen-bond donors (Lipinski definition) is 1. The molecule has 0 heterocycles. The molecule has 10 nitrogen and oxygen atoms in total. The van der Waals surface area contributed by atoms with Crippen molar-refractivity contribution in [3.05, 3.63) is 83.9 Å². The van der Waals surface area contributed by atoms with Crippen LogP contribution in [-0.4, -0.2) is 48.0 Å². The van der Waals surface area contributed by atoms with E-state index in [4.69, 9.17) is 23.7 Å². The lowest BCUT2D eigenvalue weighted by atomic mass is 10.0. The van der Waals surface area contributed by atoms with Crippen LogP contribution in [0.25, 0.3) is 11.1 Å². The highest BCUT2D eigenvalue weighted by Gasteiger charge is 2.42. The van der Waals surface area contributed by atoms with E-state index < -0.39 is 29.7 Å². The van der Waals surface area contributed by atoms with Crippen LogP contribution in [0, 0.1) is 0 Å². The Morgan fingerprint density at radius 3 is 1.76 bits per heavy atom. The third kappa shape index (κ3) is 14.0. The van der Waals surface area contributed by atoms with Crippen molar-refractivity contribution in [2.24, 2.45) is 0 Å². The number of carbonyl (C=O) groups excluding carboxylic acids is 3. The van der Waals surface area contributed by atoms with E-state index in [9.17, 15) is 24.3 Å². The second-order valence-corrected chi connectivity index (χ2v) is 12.0. The van der Waals surface area contributed by atoms with Crippen LogP contribution in [0.1, 0.15) is 101 Å². The van der Waals surface area contributed by atoms with E-state index in [1.165, 1.54) is 19.8 Å². The zero-order chi connectivity index (χ0) is 35.5. The number of carboxylic acid groups (broad SMARTS) is 1. The fourth-order valence-electron chi connectivity index (χ4n) is 5.23. The van der Waals surface area contributed by atoms with Crippen molar-refractivity contribution in [3.8, 4) is 22.6 Å². The van der Waals surface area contributed by atoms with E-state index in [-0.39, 0.29) is 12.2 Å². The van der Waals surface area contributed by atoms with E-state index in [2.05, 4.69) is 0 Å². The summed E-state index contributed by atoms with van der Waals surface area (Å²) >= 11 is 0. The maximum Gasteiger partial charge on any atom is 0.392 e. The maximum atomic E-state index is 12.3. The van der Waals surface area contributed by atoms with Gasteiger partial charge in [0.05, 0.1) is 18.8 Å². The van der Waals surface area contributed by atoms with Gasteiger partial charge in [0, 0.05) is 26.3 Å². The number of carboxylic acids is 1. The van der Waals surface area contributed by atoms with Crippen molar-refractivity contribution in [3.63, 3.8) is 0 Å². The van der Waals surface area contributed by atoms with Crippen LogP contribution in [0.15, 0.2) is 72.8 Å². The topological polar surface area (TPSA) is 135 Å². The van der Waals surface area contributed by atoms with Gasteiger partial charge in [-0.2, -0.15) is 0 Å². The second kappa shape index (κ2) is 20.5.